The van der Waals surface area contributed by atoms with Gasteiger partial charge in [0.05, 0.1) is 6.04 Å². The number of carbonyl (C=O) groups excluding carboxylic acids is 1. The number of rotatable bonds is 8. The molecular weight excluding hydrogens is 390 g/mol. The minimum Gasteiger partial charge on any atom is -0.353 e. The SMILES string of the molecule is Cc1cc(C)nc(S[C@@H]2C[C@@H](C(=O)NCCN(C)C)N(Cc3ccsc3)C2)n1. The van der Waals surface area contributed by atoms with E-state index in [9.17, 15) is 4.79 Å². The number of likely N-dealkylation sites (tertiary alicyclic amines) is 1. The lowest BCUT2D eigenvalue weighted by atomic mass is 10.2. The third kappa shape index (κ3) is 6.01. The number of nitrogens with zero attached hydrogens (tertiary/aromatic N) is 4. The number of likely N-dealkylation sites (N-methyl/N-ethyl adjacent to an activating group) is 1. The van der Waals surface area contributed by atoms with Gasteiger partial charge in [-0.25, -0.2) is 9.97 Å². The summed E-state index contributed by atoms with van der Waals surface area (Å²) in [6.45, 7) is 7.18. The molecule has 0 aromatic carbocycles. The van der Waals surface area contributed by atoms with E-state index < -0.39 is 0 Å². The van der Waals surface area contributed by atoms with Crippen molar-refractivity contribution < 1.29 is 4.79 Å². The Balaban J connectivity index is 1.67. The van der Waals surface area contributed by atoms with E-state index in [-0.39, 0.29) is 11.9 Å². The summed E-state index contributed by atoms with van der Waals surface area (Å²) in [5.74, 6) is 0.126. The summed E-state index contributed by atoms with van der Waals surface area (Å²) < 4.78 is 0. The second-order valence-corrected chi connectivity index (χ2v) is 9.63. The maximum absolute atomic E-state index is 12.9. The van der Waals surface area contributed by atoms with Crippen molar-refractivity contribution in [3.05, 3.63) is 39.8 Å². The molecule has 1 amide bonds. The topological polar surface area (TPSA) is 61.4 Å². The lowest BCUT2D eigenvalue weighted by Gasteiger charge is -2.23. The maximum Gasteiger partial charge on any atom is 0.237 e. The van der Waals surface area contributed by atoms with Crippen molar-refractivity contribution in [2.24, 2.45) is 0 Å². The standard InChI is InChI=1S/C20H29N5OS2/c1-14-9-15(2)23-20(22-14)28-17-10-18(19(26)21-6-7-24(3)4)25(12-17)11-16-5-8-27-13-16/h5,8-9,13,17-18H,6-7,10-12H2,1-4H3,(H,21,26)/t17-,18+/m1/s1. The molecule has 0 saturated carbocycles. The van der Waals surface area contributed by atoms with E-state index in [1.807, 2.05) is 34.0 Å². The Hall–Kier alpha value is -1.48. The smallest absolute Gasteiger partial charge is 0.237 e. The minimum absolute atomic E-state index is 0.106. The summed E-state index contributed by atoms with van der Waals surface area (Å²) in [5.41, 5.74) is 3.24. The molecule has 0 spiro atoms. The molecular formula is C20H29N5OS2. The van der Waals surface area contributed by atoms with E-state index in [2.05, 4.69) is 41.9 Å². The first-order valence-electron chi connectivity index (χ1n) is 9.57. The van der Waals surface area contributed by atoms with Crippen molar-refractivity contribution in [1.29, 1.82) is 0 Å². The first-order valence-corrected chi connectivity index (χ1v) is 11.4. The van der Waals surface area contributed by atoms with E-state index in [1.165, 1.54) is 5.56 Å². The van der Waals surface area contributed by atoms with Crippen LogP contribution in [0.15, 0.2) is 28.0 Å². The fourth-order valence-electron chi connectivity index (χ4n) is 3.43. The normalized spacial score (nSPS) is 20.0. The number of nitrogens with one attached hydrogen (secondary N) is 1. The van der Waals surface area contributed by atoms with Gasteiger partial charge in [0.1, 0.15) is 0 Å². The van der Waals surface area contributed by atoms with Gasteiger partial charge in [0.15, 0.2) is 5.16 Å². The van der Waals surface area contributed by atoms with Gasteiger partial charge in [0.2, 0.25) is 5.91 Å². The predicted molar refractivity (Wildman–Crippen MR) is 116 cm³/mol. The molecule has 1 saturated heterocycles. The quantitative estimate of drug-likeness (QED) is 0.664. The molecule has 0 aliphatic carbocycles. The molecule has 8 heteroatoms. The highest BCUT2D eigenvalue weighted by molar-refractivity contribution is 7.99. The third-order valence-corrected chi connectivity index (χ3v) is 6.53. The Labute approximate surface area is 175 Å². The summed E-state index contributed by atoms with van der Waals surface area (Å²) in [7, 11) is 4.03. The molecule has 1 N–H and O–H groups in total. The van der Waals surface area contributed by atoms with Crippen molar-refractivity contribution >= 4 is 29.0 Å². The van der Waals surface area contributed by atoms with Crippen LogP contribution < -0.4 is 5.32 Å². The maximum atomic E-state index is 12.9. The van der Waals surface area contributed by atoms with Gasteiger partial charge in [-0.2, -0.15) is 11.3 Å². The molecule has 2 atom stereocenters. The highest BCUT2D eigenvalue weighted by Crippen LogP contribution is 2.32. The fourth-order valence-corrected chi connectivity index (χ4v) is 5.32. The van der Waals surface area contributed by atoms with E-state index in [0.717, 1.165) is 42.6 Å². The summed E-state index contributed by atoms with van der Waals surface area (Å²) in [6.07, 6.45) is 0.818. The van der Waals surface area contributed by atoms with E-state index in [1.54, 1.807) is 23.1 Å². The third-order valence-electron chi connectivity index (χ3n) is 4.73. The van der Waals surface area contributed by atoms with Crippen LogP contribution in [0.3, 0.4) is 0 Å². The summed E-state index contributed by atoms with van der Waals surface area (Å²) in [6, 6.07) is 4.02. The zero-order valence-corrected chi connectivity index (χ0v) is 18.6. The zero-order chi connectivity index (χ0) is 20.1. The Morgan fingerprint density at radius 2 is 2.11 bits per heavy atom. The van der Waals surface area contributed by atoms with Crippen LogP contribution >= 0.6 is 23.1 Å². The van der Waals surface area contributed by atoms with Crippen molar-refractivity contribution in [3.8, 4) is 0 Å². The van der Waals surface area contributed by atoms with Crippen LogP contribution in [-0.4, -0.2) is 70.7 Å². The fraction of sp³-hybridized carbons (Fsp3) is 0.550. The lowest BCUT2D eigenvalue weighted by molar-refractivity contribution is -0.125. The van der Waals surface area contributed by atoms with Gasteiger partial charge < -0.3 is 10.2 Å². The minimum atomic E-state index is -0.106. The van der Waals surface area contributed by atoms with Gasteiger partial charge >= 0.3 is 0 Å². The molecule has 3 heterocycles. The average molecular weight is 420 g/mol. The molecule has 2 aromatic heterocycles. The monoisotopic (exact) mass is 419 g/mol. The van der Waals surface area contributed by atoms with Gasteiger partial charge in [0, 0.05) is 42.8 Å². The summed E-state index contributed by atoms with van der Waals surface area (Å²) in [4.78, 5) is 26.4. The highest BCUT2D eigenvalue weighted by Gasteiger charge is 2.37. The van der Waals surface area contributed by atoms with Crippen LogP contribution in [-0.2, 0) is 11.3 Å². The number of amides is 1. The van der Waals surface area contributed by atoms with Gasteiger partial charge in [-0.1, -0.05) is 11.8 Å². The van der Waals surface area contributed by atoms with E-state index in [0.29, 0.717) is 11.8 Å². The largest absolute Gasteiger partial charge is 0.353 e. The number of aryl methyl sites for hydroxylation is 2. The van der Waals surface area contributed by atoms with Crippen LogP contribution in [0.5, 0.6) is 0 Å². The number of hydrogen-bond donors (Lipinski definition) is 1. The van der Waals surface area contributed by atoms with Gasteiger partial charge in [-0.15, -0.1) is 0 Å². The molecule has 1 aliphatic rings. The predicted octanol–water partition coefficient (Wildman–Crippen LogP) is 2.57. The number of hydrogen-bond acceptors (Lipinski definition) is 7. The Kier molecular flexibility index (Phi) is 7.45. The van der Waals surface area contributed by atoms with Crippen molar-refractivity contribution in [2.45, 2.75) is 43.3 Å². The van der Waals surface area contributed by atoms with Crippen LogP contribution in [0.2, 0.25) is 0 Å². The lowest BCUT2D eigenvalue weighted by Crippen LogP contribution is -2.44. The van der Waals surface area contributed by atoms with Crippen molar-refractivity contribution in [1.82, 2.24) is 25.1 Å². The zero-order valence-electron chi connectivity index (χ0n) is 17.0. The summed E-state index contributed by atoms with van der Waals surface area (Å²) >= 11 is 3.39. The number of thiophene rings is 1. The molecule has 152 valence electrons. The Morgan fingerprint density at radius 3 is 2.75 bits per heavy atom. The highest BCUT2D eigenvalue weighted by atomic mass is 32.2. The number of carbonyl (C=O) groups is 1. The number of thioether (sulfide) groups is 1. The Bertz CT molecular complexity index is 761. The van der Waals surface area contributed by atoms with Crippen LogP contribution in [0, 0.1) is 13.8 Å². The molecule has 0 unspecified atom stereocenters. The number of aromatic nitrogens is 2. The van der Waals surface area contributed by atoms with Crippen molar-refractivity contribution in [3.63, 3.8) is 0 Å². The average Bonchev–Trinajstić information content (AvgIpc) is 3.24. The molecule has 1 fully saturated rings. The van der Waals surface area contributed by atoms with Crippen LogP contribution in [0.4, 0.5) is 0 Å². The Morgan fingerprint density at radius 1 is 1.36 bits per heavy atom. The second kappa shape index (κ2) is 9.82. The van der Waals surface area contributed by atoms with Crippen molar-refractivity contribution in [2.75, 3.05) is 33.7 Å². The van der Waals surface area contributed by atoms with Gasteiger partial charge in [-0.05, 0) is 62.8 Å². The first-order chi connectivity index (χ1) is 13.4. The second-order valence-electron chi connectivity index (χ2n) is 7.58. The first kappa shape index (κ1) is 21.2. The molecule has 6 nitrogen and oxygen atoms in total. The van der Waals surface area contributed by atoms with Gasteiger partial charge in [0.25, 0.3) is 0 Å². The molecule has 28 heavy (non-hydrogen) atoms. The molecule has 1 aliphatic heterocycles. The van der Waals surface area contributed by atoms with E-state index >= 15 is 0 Å². The molecule has 3 rings (SSSR count). The van der Waals surface area contributed by atoms with Crippen LogP contribution in [0.1, 0.15) is 23.4 Å². The summed E-state index contributed by atoms with van der Waals surface area (Å²) in [5, 5.41) is 8.48. The molecule has 2 aromatic rings. The van der Waals surface area contributed by atoms with E-state index in [4.69, 9.17) is 0 Å². The van der Waals surface area contributed by atoms with Crippen LogP contribution in [0.25, 0.3) is 0 Å². The molecule has 0 bridgehead atoms. The molecule has 0 radical (unpaired) electrons. The van der Waals surface area contributed by atoms with Gasteiger partial charge in [-0.3, -0.25) is 9.69 Å².